The maximum absolute atomic E-state index is 12.9. The highest BCUT2D eigenvalue weighted by atomic mass is 32.2. The van der Waals surface area contributed by atoms with Crippen molar-refractivity contribution in [2.75, 3.05) is 73.0 Å². The maximum atomic E-state index is 12.9. The minimum Gasteiger partial charge on any atom is -0.755 e. The lowest BCUT2D eigenvalue weighted by molar-refractivity contribution is -0.115. The molecule has 0 saturated carbocycles. The molecule has 0 aliphatic rings. The van der Waals surface area contributed by atoms with E-state index in [-0.39, 0.29) is 23.1 Å². The summed E-state index contributed by atoms with van der Waals surface area (Å²) in [5.41, 5.74) is 1.27. The van der Waals surface area contributed by atoms with Gasteiger partial charge in [0.2, 0.25) is 11.9 Å². The fraction of sp³-hybridized carbons (Fsp3) is 0.296. The van der Waals surface area contributed by atoms with Gasteiger partial charge in [-0.3, -0.25) is 13.3 Å². The highest BCUT2D eigenvalue weighted by Gasteiger charge is 2.28. The molecule has 232 valence electrons. The normalized spacial score (nSPS) is 11.9. The molecule has 1 aromatic heterocycles. The largest absolute Gasteiger partial charge is 0.755 e. The average molecular weight is 622 g/mol. The summed E-state index contributed by atoms with van der Waals surface area (Å²) in [6, 6.07) is 10.2. The Balaban J connectivity index is 2.01. The SMILES string of the molecule is C=CC(=O)Nc1cc(Nc2nccc(N(c3ccccc3NCC(F)(F)F)S(=O)[O-])n2)c(OC)cc1N(C)CCN(C)C. The van der Waals surface area contributed by atoms with Crippen LogP contribution in [-0.4, -0.2) is 83.6 Å². The number of para-hydroxylation sites is 2. The van der Waals surface area contributed by atoms with Crippen molar-refractivity contribution in [3.05, 3.63) is 61.3 Å². The van der Waals surface area contributed by atoms with Crippen molar-refractivity contribution in [1.29, 1.82) is 0 Å². The van der Waals surface area contributed by atoms with Gasteiger partial charge in [-0.15, -0.1) is 0 Å². The van der Waals surface area contributed by atoms with Crippen LogP contribution in [0.25, 0.3) is 0 Å². The van der Waals surface area contributed by atoms with Gasteiger partial charge in [-0.25, -0.2) is 4.98 Å². The van der Waals surface area contributed by atoms with Crippen LogP contribution in [0.15, 0.2) is 61.3 Å². The van der Waals surface area contributed by atoms with Crippen molar-refractivity contribution >= 4 is 57.4 Å². The number of likely N-dealkylation sites (N-methyl/N-ethyl adjacent to an activating group) is 2. The summed E-state index contributed by atoms with van der Waals surface area (Å²) in [5.74, 6) is -0.278. The third kappa shape index (κ3) is 9.29. The number of carbonyl (C=O) groups is 1. The van der Waals surface area contributed by atoms with Crippen LogP contribution in [0.4, 0.5) is 53.4 Å². The second-order valence-electron chi connectivity index (χ2n) is 9.35. The van der Waals surface area contributed by atoms with Crippen LogP contribution in [-0.2, 0) is 16.1 Å². The number of hydrogen-bond donors (Lipinski definition) is 3. The summed E-state index contributed by atoms with van der Waals surface area (Å²) in [4.78, 5) is 24.6. The van der Waals surface area contributed by atoms with Crippen molar-refractivity contribution in [2.24, 2.45) is 0 Å². The van der Waals surface area contributed by atoms with E-state index in [1.165, 1.54) is 43.6 Å². The quantitative estimate of drug-likeness (QED) is 0.177. The number of hydrogen-bond acceptors (Lipinski definition) is 10. The Kier molecular flexibility index (Phi) is 11.3. The first-order valence-electron chi connectivity index (χ1n) is 12.7. The van der Waals surface area contributed by atoms with Crippen LogP contribution in [0.2, 0.25) is 0 Å². The Morgan fingerprint density at radius 2 is 1.81 bits per heavy atom. The molecule has 2 aromatic carbocycles. The first-order chi connectivity index (χ1) is 20.3. The Bertz CT molecular complexity index is 1460. The van der Waals surface area contributed by atoms with Crippen LogP contribution < -0.4 is 29.9 Å². The van der Waals surface area contributed by atoms with Gasteiger partial charge >= 0.3 is 6.18 Å². The number of alkyl halides is 3. The molecule has 0 fully saturated rings. The molecule has 0 spiro atoms. The van der Waals surface area contributed by atoms with Gasteiger partial charge in [0.1, 0.15) is 18.1 Å². The fourth-order valence-corrected chi connectivity index (χ4v) is 4.40. The van der Waals surface area contributed by atoms with E-state index < -0.39 is 29.9 Å². The van der Waals surface area contributed by atoms with E-state index in [1.54, 1.807) is 12.1 Å². The summed E-state index contributed by atoms with van der Waals surface area (Å²) >= 11 is -2.97. The van der Waals surface area contributed by atoms with Gasteiger partial charge in [0, 0.05) is 38.5 Å². The first kappa shape index (κ1) is 33.1. The van der Waals surface area contributed by atoms with Gasteiger partial charge in [-0.05, 0) is 38.4 Å². The molecule has 1 heterocycles. The van der Waals surface area contributed by atoms with Gasteiger partial charge in [0.05, 0.1) is 46.8 Å². The number of rotatable bonds is 14. The number of amides is 1. The molecule has 0 bridgehead atoms. The summed E-state index contributed by atoms with van der Waals surface area (Å²) in [6.07, 6.45) is -2.11. The van der Waals surface area contributed by atoms with Crippen molar-refractivity contribution in [2.45, 2.75) is 6.18 Å². The number of halogens is 3. The maximum Gasteiger partial charge on any atom is 0.405 e. The molecule has 3 rings (SSSR count). The van der Waals surface area contributed by atoms with E-state index >= 15 is 0 Å². The van der Waals surface area contributed by atoms with E-state index in [9.17, 15) is 26.7 Å². The number of anilines is 7. The molecule has 3 aromatic rings. The third-order valence-electron chi connectivity index (χ3n) is 5.90. The number of nitrogens with one attached hydrogen (secondary N) is 3. The van der Waals surface area contributed by atoms with Gasteiger partial charge in [-0.2, -0.15) is 18.2 Å². The van der Waals surface area contributed by atoms with Crippen molar-refractivity contribution in [3.63, 3.8) is 0 Å². The Morgan fingerprint density at radius 3 is 2.44 bits per heavy atom. The number of aromatic nitrogens is 2. The number of ether oxygens (including phenoxy) is 1. The Morgan fingerprint density at radius 1 is 1.09 bits per heavy atom. The number of benzene rings is 2. The molecule has 12 nitrogen and oxygen atoms in total. The highest BCUT2D eigenvalue weighted by molar-refractivity contribution is 7.81. The second-order valence-corrected chi connectivity index (χ2v) is 10.1. The molecular weight excluding hydrogens is 589 g/mol. The van der Waals surface area contributed by atoms with Crippen LogP contribution in [0.1, 0.15) is 0 Å². The number of nitrogens with zero attached hydrogens (tertiary/aromatic N) is 5. The molecule has 1 amide bonds. The molecular formula is C27H32F3N8O4S-. The molecule has 43 heavy (non-hydrogen) atoms. The minimum atomic E-state index is -4.53. The standard InChI is InChI=1S/C27H33F3N8O4S/c1-6-25(39)33-19-15-20(23(42-5)16-22(19)37(4)14-13-36(2)3)34-26-31-12-11-24(35-26)38(43(40)41)21-10-8-7-9-18(21)32-17-27(28,29)30/h6-12,15-16,32H,1,13-14,17H2,2-5H3,(H,33,39)(H,40,41)(H,31,34,35)/p-1. The zero-order valence-corrected chi connectivity index (χ0v) is 24.8. The summed E-state index contributed by atoms with van der Waals surface area (Å²) in [5, 5.41) is 7.97. The van der Waals surface area contributed by atoms with E-state index in [0.29, 0.717) is 29.4 Å². The van der Waals surface area contributed by atoms with Gasteiger partial charge in [0.15, 0.2) is 0 Å². The molecule has 3 N–H and O–H groups in total. The van der Waals surface area contributed by atoms with Crippen molar-refractivity contribution in [1.82, 2.24) is 14.9 Å². The monoisotopic (exact) mass is 621 g/mol. The smallest absolute Gasteiger partial charge is 0.405 e. The van der Waals surface area contributed by atoms with Crippen molar-refractivity contribution < 1.29 is 31.5 Å². The average Bonchev–Trinajstić information content (AvgIpc) is 2.95. The Labute approximate surface area is 250 Å². The zero-order valence-electron chi connectivity index (χ0n) is 23.9. The molecule has 0 aliphatic carbocycles. The molecule has 1 atom stereocenters. The number of methoxy groups -OCH3 is 1. The molecule has 0 radical (unpaired) electrons. The first-order valence-corrected chi connectivity index (χ1v) is 13.8. The highest BCUT2D eigenvalue weighted by Crippen LogP contribution is 2.38. The summed E-state index contributed by atoms with van der Waals surface area (Å²) in [7, 11) is 7.20. The van der Waals surface area contributed by atoms with E-state index in [2.05, 4.69) is 32.5 Å². The lowest BCUT2D eigenvalue weighted by Crippen LogP contribution is -2.29. The van der Waals surface area contributed by atoms with Gasteiger partial charge in [0.25, 0.3) is 0 Å². The second kappa shape index (κ2) is 14.7. The minimum absolute atomic E-state index is 0.0540. The molecule has 0 aliphatic heterocycles. The fourth-order valence-electron chi connectivity index (χ4n) is 3.82. The topological polar surface area (TPSA) is 138 Å². The van der Waals surface area contributed by atoms with E-state index in [1.807, 2.05) is 30.9 Å². The Hall–Kier alpha value is -4.41. The van der Waals surface area contributed by atoms with E-state index in [4.69, 9.17) is 4.74 Å². The predicted molar refractivity (Wildman–Crippen MR) is 161 cm³/mol. The summed E-state index contributed by atoms with van der Waals surface area (Å²) in [6.45, 7) is 3.50. The summed E-state index contributed by atoms with van der Waals surface area (Å²) < 4.78 is 69.5. The number of carbonyl (C=O) groups excluding carboxylic acids is 1. The lowest BCUT2D eigenvalue weighted by atomic mass is 10.2. The third-order valence-corrected chi connectivity index (χ3v) is 6.58. The van der Waals surface area contributed by atoms with Gasteiger partial charge in [-0.1, -0.05) is 18.7 Å². The molecule has 16 heteroatoms. The zero-order chi connectivity index (χ0) is 31.7. The van der Waals surface area contributed by atoms with Crippen LogP contribution >= 0.6 is 0 Å². The van der Waals surface area contributed by atoms with Crippen LogP contribution in [0, 0.1) is 0 Å². The lowest BCUT2D eigenvalue weighted by Gasteiger charge is -2.28. The van der Waals surface area contributed by atoms with Crippen molar-refractivity contribution in [3.8, 4) is 5.75 Å². The van der Waals surface area contributed by atoms with Crippen LogP contribution in [0.3, 0.4) is 0 Å². The van der Waals surface area contributed by atoms with E-state index in [0.717, 1.165) is 16.9 Å². The molecule has 0 saturated heterocycles. The molecule has 1 unspecified atom stereocenters. The van der Waals surface area contributed by atoms with Crippen LogP contribution in [0.5, 0.6) is 5.75 Å². The van der Waals surface area contributed by atoms with Gasteiger partial charge < -0.3 is 35.0 Å². The predicted octanol–water partition coefficient (Wildman–Crippen LogP) is 4.26.